The van der Waals surface area contributed by atoms with Crippen molar-refractivity contribution in [2.45, 2.75) is 44.7 Å². The third-order valence-electron chi connectivity index (χ3n) is 4.82. The van der Waals surface area contributed by atoms with Gasteiger partial charge >= 0.3 is 18.4 Å². The van der Waals surface area contributed by atoms with Crippen LogP contribution in [0, 0.1) is 6.92 Å². The normalized spacial score (nSPS) is 16.4. The molecular weight excluding hydrogens is 522 g/mol. The van der Waals surface area contributed by atoms with E-state index in [4.69, 9.17) is 0 Å². The summed E-state index contributed by atoms with van der Waals surface area (Å²) in [5.41, 5.74) is -2.38. The first-order valence-electron chi connectivity index (χ1n) is 10.4. The monoisotopic (exact) mass is 541 g/mol. The Morgan fingerprint density at radius 2 is 1.89 bits per heavy atom. The van der Waals surface area contributed by atoms with E-state index in [1.165, 1.54) is 20.0 Å². The quantitative estimate of drug-likeness (QED) is 0.518. The van der Waals surface area contributed by atoms with Crippen LogP contribution in [0.5, 0.6) is 0 Å². The fourth-order valence-corrected chi connectivity index (χ4v) is 3.31. The minimum Gasteiger partial charge on any atom is -0.472 e. The number of carbonyl (C=O) groups is 1. The van der Waals surface area contributed by atoms with Crippen molar-refractivity contribution >= 4 is 11.7 Å². The minimum atomic E-state index is -4.88. The number of carbonyl (C=O) groups excluding carboxylic acids is 1. The van der Waals surface area contributed by atoms with Crippen LogP contribution in [0.1, 0.15) is 23.4 Å². The van der Waals surface area contributed by atoms with E-state index in [2.05, 4.69) is 35.7 Å². The first-order valence-corrected chi connectivity index (χ1v) is 10.4. The maximum atomic E-state index is 13.3. The van der Waals surface area contributed by atoms with Gasteiger partial charge < -0.3 is 15.4 Å². The third-order valence-corrected chi connectivity index (χ3v) is 4.82. The maximum Gasteiger partial charge on any atom is 0.435 e. The molecule has 1 aliphatic rings. The van der Waals surface area contributed by atoms with Crippen LogP contribution in [-0.2, 0) is 24.5 Å². The molecule has 0 radical (unpaired) electrons. The average Bonchev–Trinajstić information content (AvgIpc) is 3.17. The van der Waals surface area contributed by atoms with E-state index in [0.717, 1.165) is 17.0 Å². The first kappa shape index (κ1) is 27.8. The van der Waals surface area contributed by atoms with E-state index < -0.39 is 61.2 Å². The molecule has 3 heterocycles. The van der Waals surface area contributed by atoms with E-state index in [1.54, 1.807) is 0 Å². The number of hydrogen-bond acceptors (Lipinski definition) is 6. The lowest BCUT2D eigenvalue weighted by Crippen LogP contribution is -2.44. The second-order valence-electron chi connectivity index (χ2n) is 7.83. The third kappa shape index (κ3) is 7.36. The molecule has 17 heteroatoms. The van der Waals surface area contributed by atoms with Crippen LogP contribution in [0.25, 0.3) is 11.3 Å². The molecule has 0 fully saturated rings. The molecule has 0 aliphatic carbocycles. The maximum absolute atomic E-state index is 13.3. The van der Waals surface area contributed by atoms with Crippen molar-refractivity contribution in [1.29, 1.82) is 0 Å². The number of amides is 2. The molecule has 1 unspecified atom stereocenters. The molecule has 202 valence electrons. The number of nitrogens with one attached hydrogen (secondary N) is 2. The number of hydrogen-bond donors (Lipinski definition) is 2. The molecular formula is C20H19F8N7O2. The molecule has 0 saturated heterocycles. The van der Waals surface area contributed by atoms with Crippen LogP contribution in [0.15, 0.2) is 29.2 Å². The van der Waals surface area contributed by atoms with Gasteiger partial charge in [-0.05, 0) is 18.6 Å². The molecule has 0 bridgehead atoms. The zero-order valence-corrected chi connectivity index (χ0v) is 19.1. The summed E-state index contributed by atoms with van der Waals surface area (Å²) >= 11 is 0. The number of urea groups is 1. The number of aromatic nitrogens is 4. The standard InChI is InChI=1S/C20H19F8N7O2/c1-9-3-11(32-33-16(9)12-7-35(2)34-17(12)20(26,27)28)6-29-18(36)30-10-4-13(19(23,24)25)31-15(5-10)37-8-14(21)22/h3,5,7,10,14H,4,6,8H2,1-2H3,(H2,29,30,36). The number of alkyl halides is 8. The van der Waals surface area contributed by atoms with Crippen LogP contribution < -0.4 is 10.6 Å². The molecule has 2 aromatic rings. The fraction of sp³-hybridized carbons (Fsp3) is 0.450. The second-order valence-corrected chi connectivity index (χ2v) is 7.83. The zero-order chi connectivity index (χ0) is 27.5. The molecule has 0 aromatic carbocycles. The van der Waals surface area contributed by atoms with E-state index in [-0.39, 0.29) is 23.5 Å². The molecule has 3 rings (SSSR count). The smallest absolute Gasteiger partial charge is 0.435 e. The van der Waals surface area contributed by atoms with E-state index >= 15 is 0 Å². The predicted molar refractivity (Wildman–Crippen MR) is 111 cm³/mol. The van der Waals surface area contributed by atoms with Crippen molar-refractivity contribution in [1.82, 2.24) is 30.6 Å². The van der Waals surface area contributed by atoms with Gasteiger partial charge in [-0.3, -0.25) is 4.68 Å². The van der Waals surface area contributed by atoms with E-state index in [1.807, 2.05) is 0 Å². The van der Waals surface area contributed by atoms with Gasteiger partial charge in [-0.15, -0.1) is 5.10 Å². The average molecular weight is 541 g/mol. The fourth-order valence-electron chi connectivity index (χ4n) is 3.31. The predicted octanol–water partition coefficient (Wildman–Crippen LogP) is 3.90. The number of ether oxygens (including phenoxy) is 1. The summed E-state index contributed by atoms with van der Waals surface area (Å²) in [6.07, 6.45) is -11.2. The number of aliphatic imine (C=N–C) groups is 1. The first-order chi connectivity index (χ1) is 17.1. The summed E-state index contributed by atoms with van der Waals surface area (Å²) in [5.74, 6) is -0.713. The van der Waals surface area contributed by atoms with Crippen LogP contribution in [0.2, 0.25) is 0 Å². The van der Waals surface area contributed by atoms with Gasteiger partial charge in [-0.25, -0.2) is 18.6 Å². The highest BCUT2D eigenvalue weighted by atomic mass is 19.4. The van der Waals surface area contributed by atoms with Crippen LogP contribution in [0.3, 0.4) is 0 Å². The molecule has 2 aromatic heterocycles. The Morgan fingerprint density at radius 3 is 2.49 bits per heavy atom. The number of aryl methyl sites for hydroxylation is 2. The Balaban J connectivity index is 1.66. The Morgan fingerprint density at radius 1 is 1.19 bits per heavy atom. The Labute approximate surface area is 203 Å². The molecule has 1 aliphatic heterocycles. The summed E-state index contributed by atoms with van der Waals surface area (Å²) < 4.78 is 109. The van der Waals surface area contributed by atoms with Crippen molar-refractivity contribution in [3.05, 3.63) is 41.2 Å². The van der Waals surface area contributed by atoms with Gasteiger partial charge in [-0.2, -0.15) is 36.5 Å². The lowest BCUT2D eigenvalue weighted by molar-refractivity contribution is -0.141. The number of rotatable bonds is 7. The van der Waals surface area contributed by atoms with Gasteiger partial charge in [0.15, 0.2) is 12.3 Å². The lowest BCUT2D eigenvalue weighted by atomic mass is 10.1. The van der Waals surface area contributed by atoms with Crippen LogP contribution in [-0.4, -0.2) is 57.0 Å². The van der Waals surface area contributed by atoms with Gasteiger partial charge in [0, 0.05) is 25.7 Å². The summed E-state index contributed by atoms with van der Waals surface area (Å²) in [5, 5.41) is 15.6. The summed E-state index contributed by atoms with van der Waals surface area (Å²) in [4.78, 5) is 15.4. The van der Waals surface area contributed by atoms with E-state index in [0.29, 0.717) is 5.56 Å². The van der Waals surface area contributed by atoms with E-state index in [9.17, 15) is 39.9 Å². The molecule has 0 saturated carbocycles. The van der Waals surface area contributed by atoms with Gasteiger partial charge in [-0.1, -0.05) is 0 Å². The minimum absolute atomic E-state index is 0.0729. The zero-order valence-electron chi connectivity index (χ0n) is 19.1. The van der Waals surface area contributed by atoms with Crippen molar-refractivity contribution in [3.8, 4) is 11.3 Å². The van der Waals surface area contributed by atoms with Crippen molar-refractivity contribution < 1.29 is 44.7 Å². The summed E-state index contributed by atoms with van der Waals surface area (Å²) in [6.45, 7) is 0.0217. The number of nitrogens with zero attached hydrogens (tertiary/aromatic N) is 5. The van der Waals surface area contributed by atoms with Crippen LogP contribution >= 0.6 is 0 Å². The van der Waals surface area contributed by atoms with Crippen LogP contribution in [0.4, 0.5) is 39.9 Å². The molecule has 37 heavy (non-hydrogen) atoms. The molecule has 0 spiro atoms. The Bertz CT molecular complexity index is 1200. The Kier molecular flexibility index (Phi) is 8.02. The molecule has 9 nitrogen and oxygen atoms in total. The molecule has 2 amide bonds. The topological polar surface area (TPSA) is 106 Å². The van der Waals surface area contributed by atoms with Gasteiger partial charge in [0.05, 0.1) is 29.5 Å². The van der Waals surface area contributed by atoms with Crippen molar-refractivity contribution in [3.63, 3.8) is 0 Å². The molecule has 1 atom stereocenters. The summed E-state index contributed by atoms with van der Waals surface area (Å²) in [6, 6.07) is -0.836. The van der Waals surface area contributed by atoms with Gasteiger partial charge in [0.2, 0.25) is 5.88 Å². The highest BCUT2D eigenvalue weighted by Gasteiger charge is 2.40. The van der Waals surface area contributed by atoms with Crippen molar-refractivity contribution in [2.75, 3.05) is 6.61 Å². The lowest BCUT2D eigenvalue weighted by Gasteiger charge is -2.23. The van der Waals surface area contributed by atoms with Gasteiger partial charge in [0.1, 0.15) is 5.71 Å². The van der Waals surface area contributed by atoms with Gasteiger partial charge in [0.25, 0.3) is 6.43 Å². The highest BCUT2D eigenvalue weighted by molar-refractivity contribution is 5.92. The Hall–Kier alpha value is -3.79. The van der Waals surface area contributed by atoms with Crippen molar-refractivity contribution in [2.24, 2.45) is 12.0 Å². The second kappa shape index (κ2) is 10.7. The summed E-state index contributed by atoms with van der Waals surface area (Å²) in [7, 11) is 1.32. The largest absolute Gasteiger partial charge is 0.472 e. The highest BCUT2D eigenvalue weighted by Crippen LogP contribution is 2.36. The molecule has 2 N–H and O–H groups in total. The SMILES string of the molecule is Cc1cc(CNC(=O)NC2C=C(OCC(F)F)N=C(C(F)(F)F)C2)nnc1-c1cn(C)nc1C(F)(F)F. The number of halogens is 8.